The van der Waals surface area contributed by atoms with E-state index in [-0.39, 0.29) is 10.6 Å². The van der Waals surface area contributed by atoms with E-state index in [9.17, 15) is 18.3 Å². The lowest BCUT2D eigenvalue weighted by molar-refractivity contribution is -0.141. The molecule has 1 rings (SSSR count). The number of carbonyl (C=O) groups is 1. The summed E-state index contributed by atoms with van der Waals surface area (Å²) in [5.41, 5.74) is -0.184. The van der Waals surface area contributed by atoms with Crippen LogP contribution >= 0.6 is 11.6 Å². The number of aliphatic hydroxyl groups excluding tert-OH is 1. The number of nitrogens with zero attached hydrogens (tertiary/aromatic N) is 1. The van der Waals surface area contributed by atoms with Crippen LogP contribution in [0, 0.1) is 11.3 Å². The van der Waals surface area contributed by atoms with Crippen LogP contribution in [-0.4, -0.2) is 36.7 Å². The summed E-state index contributed by atoms with van der Waals surface area (Å²) in [5.74, 6) is -1.54. The summed E-state index contributed by atoms with van der Waals surface area (Å²) in [6.45, 7) is 1.13. The molecule has 0 heterocycles. The number of hydrogen-bond acceptors (Lipinski definition) is 5. The average Bonchev–Trinajstić information content (AvgIpc) is 2.35. The Hall–Kier alpha value is -1.66. The molecule has 20 heavy (non-hydrogen) atoms. The highest BCUT2D eigenvalue weighted by Crippen LogP contribution is 2.20. The second-order valence-corrected chi connectivity index (χ2v) is 6.05. The Balaban J connectivity index is 3.28. The second-order valence-electron chi connectivity index (χ2n) is 3.93. The van der Waals surface area contributed by atoms with E-state index < -0.39 is 33.0 Å². The summed E-state index contributed by atoms with van der Waals surface area (Å²) >= 11 is 5.67. The van der Waals surface area contributed by atoms with E-state index in [1.165, 1.54) is 12.1 Å². The second kappa shape index (κ2) is 6.19. The molecule has 0 aliphatic rings. The first kappa shape index (κ1) is 16.4. The van der Waals surface area contributed by atoms with Crippen LogP contribution in [0.15, 0.2) is 23.1 Å². The molecule has 0 radical (unpaired) electrons. The number of aliphatic carboxylic acids is 1. The molecule has 2 atom stereocenters. The molecule has 0 saturated heterocycles. The number of hydrogen-bond donors (Lipinski definition) is 3. The lowest BCUT2D eigenvalue weighted by Crippen LogP contribution is -2.47. The van der Waals surface area contributed by atoms with Crippen molar-refractivity contribution in [2.45, 2.75) is 24.0 Å². The first-order valence-electron chi connectivity index (χ1n) is 5.32. The van der Waals surface area contributed by atoms with Crippen LogP contribution in [-0.2, 0) is 14.8 Å². The summed E-state index contributed by atoms with van der Waals surface area (Å²) in [6.07, 6.45) is -1.45. The monoisotopic (exact) mass is 318 g/mol. The van der Waals surface area contributed by atoms with Gasteiger partial charge in [-0.2, -0.15) is 9.98 Å². The van der Waals surface area contributed by atoms with Gasteiger partial charge in [0.2, 0.25) is 10.0 Å². The van der Waals surface area contributed by atoms with Crippen LogP contribution in [0.1, 0.15) is 12.5 Å². The number of aliphatic hydroxyl groups is 1. The van der Waals surface area contributed by atoms with Crippen molar-refractivity contribution < 1.29 is 23.4 Å². The van der Waals surface area contributed by atoms with Crippen LogP contribution in [0.25, 0.3) is 0 Å². The van der Waals surface area contributed by atoms with Gasteiger partial charge in [0, 0.05) is 5.02 Å². The lowest BCUT2D eigenvalue weighted by Gasteiger charge is -2.17. The van der Waals surface area contributed by atoms with E-state index in [0.717, 1.165) is 13.0 Å². The van der Waals surface area contributed by atoms with Crippen LogP contribution in [0.3, 0.4) is 0 Å². The van der Waals surface area contributed by atoms with Gasteiger partial charge < -0.3 is 10.2 Å². The zero-order chi connectivity index (χ0) is 15.5. The highest BCUT2D eigenvalue weighted by molar-refractivity contribution is 7.89. The standard InChI is InChI=1S/C11H11ClN2O5S/c1-6(15)10(11(16)17)14-20(18,19)9-4-8(12)3-2-7(9)5-13/h2-4,6,10,14-15H,1H3,(H,16,17)/t6-,10+/m1/s1. The van der Waals surface area contributed by atoms with E-state index in [4.69, 9.17) is 22.0 Å². The maximum absolute atomic E-state index is 12.1. The quantitative estimate of drug-likeness (QED) is 0.717. The first-order valence-corrected chi connectivity index (χ1v) is 7.18. The summed E-state index contributed by atoms with van der Waals surface area (Å²) in [4.78, 5) is 10.4. The van der Waals surface area contributed by atoms with Crippen LogP contribution in [0.4, 0.5) is 0 Å². The summed E-state index contributed by atoms with van der Waals surface area (Å²) in [5, 5.41) is 27.1. The topological polar surface area (TPSA) is 127 Å². The van der Waals surface area contributed by atoms with Crippen molar-refractivity contribution in [1.82, 2.24) is 4.72 Å². The Morgan fingerprint density at radius 1 is 1.50 bits per heavy atom. The SMILES string of the molecule is C[C@@H](O)[C@H](NS(=O)(=O)c1cc(Cl)ccc1C#N)C(=O)O. The van der Waals surface area contributed by atoms with E-state index in [1.54, 1.807) is 6.07 Å². The number of nitriles is 1. The Labute approximate surface area is 120 Å². The molecule has 1 aromatic rings. The fourth-order valence-corrected chi connectivity index (χ4v) is 3.08. The zero-order valence-corrected chi connectivity index (χ0v) is 11.8. The number of nitrogens with one attached hydrogen (secondary N) is 1. The minimum atomic E-state index is -4.31. The maximum atomic E-state index is 12.1. The molecular formula is C11H11ClN2O5S. The van der Waals surface area contributed by atoms with Gasteiger partial charge in [-0.15, -0.1) is 0 Å². The molecule has 0 bridgehead atoms. The van der Waals surface area contributed by atoms with Crippen molar-refractivity contribution in [3.05, 3.63) is 28.8 Å². The largest absolute Gasteiger partial charge is 0.480 e. The summed E-state index contributed by atoms with van der Waals surface area (Å²) < 4.78 is 26.0. The summed E-state index contributed by atoms with van der Waals surface area (Å²) in [6, 6.07) is 3.51. The third-order valence-electron chi connectivity index (χ3n) is 2.38. The summed E-state index contributed by atoms with van der Waals surface area (Å²) in [7, 11) is -4.31. The molecule has 0 aliphatic carbocycles. The molecule has 0 saturated carbocycles. The van der Waals surface area contributed by atoms with E-state index >= 15 is 0 Å². The third-order valence-corrected chi connectivity index (χ3v) is 4.10. The van der Waals surface area contributed by atoms with Gasteiger partial charge in [-0.1, -0.05) is 11.6 Å². The molecule has 0 fully saturated rings. The molecule has 0 unspecified atom stereocenters. The van der Waals surface area contributed by atoms with Gasteiger partial charge in [-0.3, -0.25) is 4.79 Å². The third kappa shape index (κ3) is 3.68. The molecule has 0 amide bonds. The lowest BCUT2D eigenvalue weighted by atomic mass is 10.2. The van der Waals surface area contributed by atoms with Crippen molar-refractivity contribution in [3.63, 3.8) is 0 Å². The van der Waals surface area contributed by atoms with E-state index in [2.05, 4.69) is 0 Å². The number of benzene rings is 1. The minimum Gasteiger partial charge on any atom is -0.480 e. The van der Waals surface area contributed by atoms with Crippen LogP contribution in [0.5, 0.6) is 0 Å². The highest BCUT2D eigenvalue weighted by Gasteiger charge is 2.30. The Bertz CT molecular complexity index is 666. The minimum absolute atomic E-state index is 0.0771. The predicted octanol–water partition coefficient (Wildman–Crippen LogP) is 0.324. The number of carboxylic acid groups (broad SMARTS) is 1. The Morgan fingerprint density at radius 2 is 2.10 bits per heavy atom. The van der Waals surface area contributed by atoms with Gasteiger partial charge >= 0.3 is 5.97 Å². The molecule has 7 nitrogen and oxygen atoms in total. The zero-order valence-electron chi connectivity index (χ0n) is 10.2. The van der Waals surface area contributed by atoms with Gasteiger partial charge in [-0.25, -0.2) is 8.42 Å². The van der Waals surface area contributed by atoms with Gasteiger partial charge in [-0.05, 0) is 25.1 Å². The molecular weight excluding hydrogens is 308 g/mol. The Morgan fingerprint density at radius 3 is 2.55 bits per heavy atom. The smallest absolute Gasteiger partial charge is 0.324 e. The molecule has 0 spiro atoms. The van der Waals surface area contributed by atoms with Crippen molar-refractivity contribution in [3.8, 4) is 6.07 Å². The van der Waals surface area contributed by atoms with Crippen LogP contribution in [0.2, 0.25) is 5.02 Å². The number of sulfonamides is 1. The molecule has 0 aliphatic heterocycles. The molecule has 1 aromatic carbocycles. The van der Waals surface area contributed by atoms with Crippen molar-refractivity contribution >= 4 is 27.6 Å². The van der Waals surface area contributed by atoms with Crippen molar-refractivity contribution in [2.75, 3.05) is 0 Å². The first-order chi connectivity index (χ1) is 9.19. The van der Waals surface area contributed by atoms with Gasteiger partial charge in [0.25, 0.3) is 0 Å². The average molecular weight is 319 g/mol. The van der Waals surface area contributed by atoms with Gasteiger partial charge in [0.15, 0.2) is 0 Å². The fraction of sp³-hybridized carbons (Fsp3) is 0.273. The Kier molecular flexibility index (Phi) is 5.08. The predicted molar refractivity (Wildman–Crippen MR) is 69.6 cm³/mol. The van der Waals surface area contributed by atoms with E-state index in [1.807, 2.05) is 4.72 Å². The van der Waals surface area contributed by atoms with Gasteiger partial charge in [0.05, 0.1) is 11.7 Å². The number of carboxylic acids is 1. The molecule has 3 N–H and O–H groups in total. The van der Waals surface area contributed by atoms with Crippen molar-refractivity contribution in [1.29, 1.82) is 5.26 Å². The number of rotatable bonds is 5. The fourth-order valence-electron chi connectivity index (χ4n) is 1.40. The highest BCUT2D eigenvalue weighted by atomic mass is 35.5. The normalized spacial score (nSPS) is 14.3. The van der Waals surface area contributed by atoms with E-state index in [0.29, 0.717) is 0 Å². The molecule has 0 aromatic heterocycles. The molecule has 108 valence electrons. The van der Waals surface area contributed by atoms with Crippen LogP contribution < -0.4 is 4.72 Å². The van der Waals surface area contributed by atoms with Crippen molar-refractivity contribution in [2.24, 2.45) is 0 Å². The molecule has 9 heteroatoms. The van der Waals surface area contributed by atoms with Gasteiger partial charge in [0.1, 0.15) is 17.0 Å². The number of halogens is 1. The maximum Gasteiger partial charge on any atom is 0.324 e.